The number of nitrogens with one attached hydrogen (secondary N) is 1. The standard InChI is InChI=1S/C10H10FNO3S/c11-8-3-1-2-4-9(8)16(14)6-7-5-12-10(13)15-7/h1-4,7H,5-6H2,(H,12,13). The minimum Gasteiger partial charge on any atom is -0.443 e. The Morgan fingerprint density at radius 2 is 2.25 bits per heavy atom. The van der Waals surface area contributed by atoms with E-state index in [4.69, 9.17) is 4.74 Å². The van der Waals surface area contributed by atoms with Gasteiger partial charge in [-0.25, -0.2) is 9.18 Å². The summed E-state index contributed by atoms with van der Waals surface area (Å²) in [5.74, 6) is -0.391. The fraction of sp³-hybridized carbons (Fsp3) is 0.300. The number of benzene rings is 1. The number of rotatable bonds is 3. The Balaban J connectivity index is 2.03. The highest BCUT2D eigenvalue weighted by molar-refractivity contribution is 7.85. The molecule has 1 aliphatic rings. The smallest absolute Gasteiger partial charge is 0.407 e. The molecule has 0 spiro atoms. The first kappa shape index (κ1) is 11.1. The van der Waals surface area contributed by atoms with E-state index >= 15 is 0 Å². The van der Waals surface area contributed by atoms with Gasteiger partial charge in [0.05, 0.1) is 28.0 Å². The maximum Gasteiger partial charge on any atom is 0.407 e. The van der Waals surface area contributed by atoms with E-state index in [0.29, 0.717) is 6.54 Å². The third kappa shape index (κ3) is 2.38. The molecule has 2 atom stereocenters. The quantitative estimate of drug-likeness (QED) is 0.863. The average Bonchev–Trinajstić information content (AvgIpc) is 2.64. The minimum atomic E-state index is -1.49. The van der Waals surface area contributed by atoms with Gasteiger partial charge in [0.1, 0.15) is 11.9 Å². The molecule has 2 rings (SSSR count). The fourth-order valence-corrected chi connectivity index (χ4v) is 2.63. The number of ether oxygens (including phenoxy) is 1. The molecule has 86 valence electrons. The molecule has 6 heteroatoms. The van der Waals surface area contributed by atoms with Crippen LogP contribution in [0.25, 0.3) is 0 Å². The van der Waals surface area contributed by atoms with Crippen LogP contribution in [0.15, 0.2) is 29.2 Å². The minimum absolute atomic E-state index is 0.111. The SMILES string of the molecule is O=C1NCC(CS(=O)c2ccccc2F)O1. The summed E-state index contributed by atoms with van der Waals surface area (Å²) in [6.07, 6.45) is -0.969. The van der Waals surface area contributed by atoms with Crippen molar-refractivity contribution in [2.24, 2.45) is 0 Å². The van der Waals surface area contributed by atoms with Crippen LogP contribution in [0.3, 0.4) is 0 Å². The van der Waals surface area contributed by atoms with Crippen molar-refractivity contribution in [3.05, 3.63) is 30.1 Å². The molecule has 0 radical (unpaired) electrons. The molecule has 0 saturated carbocycles. The summed E-state index contributed by atoms with van der Waals surface area (Å²) < 4.78 is 29.9. The zero-order chi connectivity index (χ0) is 11.5. The molecule has 16 heavy (non-hydrogen) atoms. The maximum absolute atomic E-state index is 13.3. The molecular weight excluding hydrogens is 233 g/mol. The summed E-state index contributed by atoms with van der Waals surface area (Å²) in [6.45, 7) is 0.318. The number of cyclic esters (lactones) is 1. The van der Waals surface area contributed by atoms with Gasteiger partial charge < -0.3 is 10.1 Å². The van der Waals surface area contributed by atoms with Crippen LogP contribution in [0.4, 0.5) is 9.18 Å². The predicted octanol–water partition coefficient (Wildman–Crippen LogP) is 1.04. The number of halogens is 1. The first-order valence-corrected chi connectivity index (χ1v) is 6.06. The molecular formula is C10H10FNO3S. The van der Waals surface area contributed by atoms with Gasteiger partial charge in [-0.2, -0.15) is 0 Å². The molecule has 1 aliphatic heterocycles. The van der Waals surface area contributed by atoms with Crippen molar-refractivity contribution in [1.29, 1.82) is 0 Å². The highest BCUT2D eigenvalue weighted by atomic mass is 32.2. The van der Waals surface area contributed by atoms with Crippen LogP contribution in [0.2, 0.25) is 0 Å². The molecule has 1 aromatic rings. The monoisotopic (exact) mass is 243 g/mol. The molecule has 1 N–H and O–H groups in total. The van der Waals surface area contributed by atoms with E-state index in [0.717, 1.165) is 0 Å². The van der Waals surface area contributed by atoms with Crippen LogP contribution in [0, 0.1) is 5.82 Å². The lowest BCUT2D eigenvalue weighted by atomic mass is 10.3. The van der Waals surface area contributed by atoms with Gasteiger partial charge in [-0.15, -0.1) is 0 Å². The normalized spacial score (nSPS) is 21.3. The van der Waals surface area contributed by atoms with E-state index in [-0.39, 0.29) is 10.6 Å². The molecule has 4 nitrogen and oxygen atoms in total. The molecule has 0 aromatic heterocycles. The summed E-state index contributed by atoms with van der Waals surface area (Å²) in [6, 6.07) is 5.88. The Bertz CT molecular complexity index is 438. The number of amides is 1. The Labute approximate surface area is 94.3 Å². The Morgan fingerprint density at radius 3 is 2.88 bits per heavy atom. The Hall–Kier alpha value is -1.43. The lowest BCUT2D eigenvalue weighted by Gasteiger charge is -2.07. The van der Waals surface area contributed by atoms with Crippen LogP contribution < -0.4 is 5.32 Å². The van der Waals surface area contributed by atoms with Gasteiger partial charge in [0, 0.05) is 0 Å². The summed E-state index contributed by atoms with van der Waals surface area (Å²) >= 11 is 0. The number of hydrogen-bond acceptors (Lipinski definition) is 3. The van der Waals surface area contributed by atoms with Crippen molar-refractivity contribution < 1.29 is 18.1 Å². The van der Waals surface area contributed by atoms with Crippen LogP contribution in [0.1, 0.15) is 0 Å². The van der Waals surface area contributed by atoms with Gasteiger partial charge in [-0.05, 0) is 12.1 Å². The molecule has 0 bridgehead atoms. The Kier molecular flexibility index (Phi) is 3.19. The molecule has 1 heterocycles. The highest BCUT2D eigenvalue weighted by Crippen LogP contribution is 2.14. The average molecular weight is 243 g/mol. The topological polar surface area (TPSA) is 55.4 Å². The molecule has 1 aromatic carbocycles. The van der Waals surface area contributed by atoms with E-state index < -0.39 is 28.8 Å². The number of alkyl carbamates (subject to hydrolysis) is 1. The van der Waals surface area contributed by atoms with Gasteiger partial charge in [0.25, 0.3) is 0 Å². The first-order chi connectivity index (χ1) is 7.66. The molecule has 2 unspecified atom stereocenters. The van der Waals surface area contributed by atoms with E-state index in [1.807, 2.05) is 0 Å². The van der Waals surface area contributed by atoms with Gasteiger partial charge in [0.2, 0.25) is 0 Å². The first-order valence-electron chi connectivity index (χ1n) is 4.74. The number of carbonyl (C=O) groups is 1. The van der Waals surface area contributed by atoms with Crippen molar-refractivity contribution in [2.45, 2.75) is 11.0 Å². The molecule has 1 fully saturated rings. The number of carbonyl (C=O) groups excluding carboxylic acids is 1. The van der Waals surface area contributed by atoms with Gasteiger partial charge in [-0.1, -0.05) is 12.1 Å². The largest absolute Gasteiger partial charge is 0.443 e. The van der Waals surface area contributed by atoms with Crippen molar-refractivity contribution in [1.82, 2.24) is 5.32 Å². The summed E-state index contributed by atoms with van der Waals surface area (Å²) in [4.78, 5) is 10.9. The van der Waals surface area contributed by atoms with E-state index in [9.17, 15) is 13.4 Å². The van der Waals surface area contributed by atoms with Crippen LogP contribution in [0.5, 0.6) is 0 Å². The highest BCUT2D eigenvalue weighted by Gasteiger charge is 2.25. The third-order valence-electron chi connectivity index (χ3n) is 2.17. The van der Waals surface area contributed by atoms with Crippen LogP contribution in [-0.4, -0.2) is 28.7 Å². The molecule has 1 saturated heterocycles. The van der Waals surface area contributed by atoms with E-state index in [2.05, 4.69) is 5.32 Å². The second-order valence-electron chi connectivity index (χ2n) is 3.35. The lowest BCUT2D eigenvalue weighted by molar-refractivity contribution is 0.150. The van der Waals surface area contributed by atoms with Crippen molar-refractivity contribution in [3.8, 4) is 0 Å². The maximum atomic E-state index is 13.3. The molecule has 1 amide bonds. The van der Waals surface area contributed by atoms with E-state index in [1.165, 1.54) is 18.2 Å². The summed E-state index contributed by atoms with van der Waals surface area (Å²) in [5, 5.41) is 2.45. The zero-order valence-electron chi connectivity index (χ0n) is 8.31. The molecule has 0 aliphatic carbocycles. The second kappa shape index (κ2) is 4.61. The van der Waals surface area contributed by atoms with E-state index in [1.54, 1.807) is 6.07 Å². The predicted molar refractivity (Wildman–Crippen MR) is 55.9 cm³/mol. The van der Waals surface area contributed by atoms with Crippen LogP contribution in [-0.2, 0) is 15.5 Å². The van der Waals surface area contributed by atoms with Gasteiger partial charge >= 0.3 is 6.09 Å². The summed E-state index contributed by atoms with van der Waals surface area (Å²) in [7, 11) is -1.49. The Morgan fingerprint density at radius 1 is 1.50 bits per heavy atom. The lowest BCUT2D eigenvalue weighted by Crippen LogP contribution is -2.21. The van der Waals surface area contributed by atoms with Crippen molar-refractivity contribution >= 4 is 16.9 Å². The van der Waals surface area contributed by atoms with Crippen molar-refractivity contribution in [2.75, 3.05) is 12.3 Å². The van der Waals surface area contributed by atoms with Crippen LogP contribution >= 0.6 is 0 Å². The second-order valence-corrected chi connectivity index (χ2v) is 4.82. The van der Waals surface area contributed by atoms with Crippen molar-refractivity contribution in [3.63, 3.8) is 0 Å². The summed E-state index contributed by atoms with van der Waals surface area (Å²) in [5.41, 5.74) is 0. The zero-order valence-corrected chi connectivity index (χ0v) is 9.13. The van der Waals surface area contributed by atoms with Gasteiger partial charge in [-0.3, -0.25) is 4.21 Å². The number of hydrogen-bond donors (Lipinski definition) is 1. The third-order valence-corrected chi connectivity index (χ3v) is 3.66. The van der Waals surface area contributed by atoms with Gasteiger partial charge in [0.15, 0.2) is 0 Å². The fourth-order valence-electron chi connectivity index (χ4n) is 1.41.